The topological polar surface area (TPSA) is 35.8 Å². The standard InChI is InChI=1S/C14H10BrClN2/c1-9-5-6-10(16)7-14(9)18-13-4-2-3-12(15)11(13)8-17/h2-7,18H,1H3. The third kappa shape index (κ3) is 2.66. The summed E-state index contributed by atoms with van der Waals surface area (Å²) in [5.41, 5.74) is 3.31. The fraction of sp³-hybridized carbons (Fsp3) is 0.0714. The number of anilines is 2. The molecule has 1 N–H and O–H groups in total. The van der Waals surface area contributed by atoms with Crippen molar-refractivity contribution in [3.8, 4) is 6.07 Å². The summed E-state index contributed by atoms with van der Waals surface area (Å²) in [4.78, 5) is 0. The lowest BCUT2D eigenvalue weighted by Crippen LogP contribution is -1.96. The normalized spacial score (nSPS) is 9.89. The van der Waals surface area contributed by atoms with Crippen LogP contribution < -0.4 is 5.32 Å². The molecular formula is C14H10BrClN2. The summed E-state index contributed by atoms with van der Waals surface area (Å²) in [5, 5.41) is 13.1. The van der Waals surface area contributed by atoms with E-state index in [0.29, 0.717) is 10.6 Å². The molecule has 2 aromatic carbocycles. The van der Waals surface area contributed by atoms with Crippen molar-refractivity contribution in [1.29, 1.82) is 5.26 Å². The van der Waals surface area contributed by atoms with Gasteiger partial charge in [-0.1, -0.05) is 23.7 Å². The van der Waals surface area contributed by atoms with Crippen LogP contribution >= 0.6 is 27.5 Å². The number of nitrogens with one attached hydrogen (secondary N) is 1. The van der Waals surface area contributed by atoms with Gasteiger partial charge >= 0.3 is 0 Å². The van der Waals surface area contributed by atoms with Crippen molar-refractivity contribution in [3.63, 3.8) is 0 Å². The van der Waals surface area contributed by atoms with Crippen molar-refractivity contribution in [2.45, 2.75) is 6.92 Å². The molecular weight excluding hydrogens is 312 g/mol. The van der Waals surface area contributed by atoms with Gasteiger partial charge in [-0.3, -0.25) is 0 Å². The van der Waals surface area contributed by atoms with Gasteiger partial charge in [-0.2, -0.15) is 5.26 Å². The lowest BCUT2D eigenvalue weighted by molar-refractivity contribution is 1.40. The third-order valence-electron chi connectivity index (χ3n) is 2.59. The monoisotopic (exact) mass is 320 g/mol. The molecule has 0 amide bonds. The lowest BCUT2D eigenvalue weighted by Gasteiger charge is -2.12. The second kappa shape index (κ2) is 5.43. The number of halogens is 2. The molecule has 0 saturated heterocycles. The maximum atomic E-state index is 9.16. The first kappa shape index (κ1) is 12.9. The first-order valence-electron chi connectivity index (χ1n) is 5.33. The van der Waals surface area contributed by atoms with E-state index in [2.05, 4.69) is 27.3 Å². The van der Waals surface area contributed by atoms with E-state index in [9.17, 15) is 0 Å². The molecule has 2 nitrogen and oxygen atoms in total. The van der Waals surface area contributed by atoms with Gasteiger partial charge in [-0.05, 0) is 52.7 Å². The Balaban J connectivity index is 2.44. The van der Waals surface area contributed by atoms with Crippen LogP contribution in [0.1, 0.15) is 11.1 Å². The third-order valence-corrected chi connectivity index (χ3v) is 3.49. The van der Waals surface area contributed by atoms with Gasteiger partial charge in [0, 0.05) is 15.2 Å². The maximum Gasteiger partial charge on any atom is 0.103 e. The molecule has 0 heterocycles. The minimum atomic E-state index is 0.580. The van der Waals surface area contributed by atoms with Gasteiger partial charge in [0.15, 0.2) is 0 Å². The number of nitrogens with zero attached hydrogens (tertiary/aromatic N) is 1. The predicted octanol–water partition coefficient (Wildman–Crippen LogP) is 5.03. The summed E-state index contributed by atoms with van der Waals surface area (Å²) in [5.74, 6) is 0. The summed E-state index contributed by atoms with van der Waals surface area (Å²) >= 11 is 9.34. The molecule has 0 aromatic heterocycles. The second-order valence-electron chi connectivity index (χ2n) is 3.86. The Bertz CT molecular complexity index is 632. The quantitative estimate of drug-likeness (QED) is 0.842. The van der Waals surface area contributed by atoms with Gasteiger partial charge in [-0.15, -0.1) is 0 Å². The minimum absolute atomic E-state index is 0.580. The van der Waals surface area contributed by atoms with Crippen LogP contribution in [0.3, 0.4) is 0 Å². The molecule has 90 valence electrons. The van der Waals surface area contributed by atoms with Gasteiger partial charge in [0.1, 0.15) is 6.07 Å². The Hall–Kier alpha value is -1.50. The molecule has 0 saturated carbocycles. The zero-order valence-corrected chi connectivity index (χ0v) is 12.0. The van der Waals surface area contributed by atoms with Crippen LogP contribution in [0.25, 0.3) is 0 Å². The molecule has 0 aliphatic heterocycles. The van der Waals surface area contributed by atoms with Crippen molar-refractivity contribution in [3.05, 3.63) is 57.0 Å². The molecule has 0 radical (unpaired) electrons. The molecule has 0 atom stereocenters. The first-order chi connectivity index (χ1) is 8.61. The number of aryl methyl sites for hydroxylation is 1. The zero-order valence-electron chi connectivity index (χ0n) is 9.67. The van der Waals surface area contributed by atoms with Gasteiger partial charge < -0.3 is 5.32 Å². The average Bonchev–Trinajstić information content (AvgIpc) is 2.34. The van der Waals surface area contributed by atoms with E-state index in [1.165, 1.54) is 0 Å². The molecule has 2 aromatic rings. The zero-order chi connectivity index (χ0) is 13.1. The van der Waals surface area contributed by atoms with Gasteiger partial charge in [0.25, 0.3) is 0 Å². The van der Waals surface area contributed by atoms with E-state index < -0.39 is 0 Å². The van der Waals surface area contributed by atoms with Crippen LogP contribution in [0.5, 0.6) is 0 Å². The SMILES string of the molecule is Cc1ccc(Cl)cc1Nc1cccc(Br)c1C#N. The summed E-state index contributed by atoms with van der Waals surface area (Å²) in [6.45, 7) is 1.99. The van der Waals surface area contributed by atoms with Crippen molar-refractivity contribution < 1.29 is 0 Å². The van der Waals surface area contributed by atoms with E-state index in [4.69, 9.17) is 16.9 Å². The number of nitriles is 1. The van der Waals surface area contributed by atoms with Crippen LogP contribution in [0.2, 0.25) is 5.02 Å². The van der Waals surface area contributed by atoms with Crippen LogP contribution in [0.4, 0.5) is 11.4 Å². The highest BCUT2D eigenvalue weighted by atomic mass is 79.9. The summed E-state index contributed by atoms with van der Waals surface area (Å²) in [7, 11) is 0. The van der Waals surface area contributed by atoms with Crippen LogP contribution in [0.15, 0.2) is 40.9 Å². The second-order valence-corrected chi connectivity index (χ2v) is 5.15. The Labute approximate surface area is 119 Å². The smallest absolute Gasteiger partial charge is 0.103 e. The van der Waals surface area contributed by atoms with Gasteiger partial charge in [0.05, 0.1) is 11.3 Å². The van der Waals surface area contributed by atoms with E-state index in [1.54, 1.807) is 0 Å². The molecule has 4 heteroatoms. The summed E-state index contributed by atoms with van der Waals surface area (Å²) in [6, 6.07) is 13.4. The lowest BCUT2D eigenvalue weighted by atomic mass is 10.1. The number of hydrogen-bond donors (Lipinski definition) is 1. The number of benzene rings is 2. The van der Waals surface area contributed by atoms with E-state index in [0.717, 1.165) is 21.4 Å². The highest BCUT2D eigenvalue weighted by Gasteiger charge is 2.07. The number of rotatable bonds is 2. The molecule has 18 heavy (non-hydrogen) atoms. The average molecular weight is 322 g/mol. The molecule has 0 aliphatic carbocycles. The highest BCUT2D eigenvalue weighted by Crippen LogP contribution is 2.29. The largest absolute Gasteiger partial charge is 0.354 e. The Kier molecular flexibility index (Phi) is 3.90. The first-order valence-corrected chi connectivity index (χ1v) is 6.50. The van der Waals surface area contributed by atoms with Crippen molar-refractivity contribution in [2.75, 3.05) is 5.32 Å². The molecule has 0 aliphatic rings. The molecule has 0 fully saturated rings. The van der Waals surface area contributed by atoms with Crippen LogP contribution in [0, 0.1) is 18.3 Å². The summed E-state index contributed by atoms with van der Waals surface area (Å²) < 4.78 is 0.773. The van der Waals surface area contributed by atoms with E-state index in [1.807, 2.05) is 43.3 Å². The Morgan fingerprint density at radius 3 is 2.72 bits per heavy atom. The van der Waals surface area contributed by atoms with Gasteiger partial charge in [0.2, 0.25) is 0 Å². The maximum absolute atomic E-state index is 9.16. The fourth-order valence-corrected chi connectivity index (χ4v) is 2.24. The van der Waals surface area contributed by atoms with Crippen molar-refractivity contribution in [2.24, 2.45) is 0 Å². The Morgan fingerprint density at radius 2 is 2.00 bits per heavy atom. The van der Waals surface area contributed by atoms with Crippen molar-refractivity contribution in [1.82, 2.24) is 0 Å². The van der Waals surface area contributed by atoms with E-state index in [-0.39, 0.29) is 0 Å². The molecule has 0 spiro atoms. The van der Waals surface area contributed by atoms with Crippen molar-refractivity contribution >= 4 is 38.9 Å². The highest BCUT2D eigenvalue weighted by molar-refractivity contribution is 9.10. The molecule has 0 unspecified atom stereocenters. The predicted molar refractivity (Wildman–Crippen MR) is 78.3 cm³/mol. The van der Waals surface area contributed by atoms with Crippen LogP contribution in [-0.2, 0) is 0 Å². The number of hydrogen-bond acceptors (Lipinski definition) is 2. The van der Waals surface area contributed by atoms with Gasteiger partial charge in [-0.25, -0.2) is 0 Å². The minimum Gasteiger partial charge on any atom is -0.354 e. The summed E-state index contributed by atoms with van der Waals surface area (Å²) in [6.07, 6.45) is 0. The molecule has 2 rings (SSSR count). The Morgan fingerprint density at radius 1 is 1.22 bits per heavy atom. The van der Waals surface area contributed by atoms with Crippen LogP contribution in [-0.4, -0.2) is 0 Å². The molecule has 0 bridgehead atoms. The van der Waals surface area contributed by atoms with E-state index >= 15 is 0 Å². The fourth-order valence-electron chi connectivity index (χ4n) is 1.62.